The highest BCUT2D eigenvalue weighted by atomic mass is 35.5. The van der Waals surface area contributed by atoms with Crippen LogP contribution in [-0.4, -0.2) is 17.7 Å². The fraction of sp³-hybridized carbons (Fsp3) is 0.417. The molecule has 0 saturated heterocycles. The van der Waals surface area contributed by atoms with Crippen LogP contribution < -0.4 is 5.32 Å². The number of nitrogens with one attached hydrogen (secondary N) is 1. The fourth-order valence-corrected chi connectivity index (χ4v) is 2.25. The number of benzene rings is 1. The maximum Gasteiger partial charge on any atom is 0.230 e. The van der Waals surface area contributed by atoms with Gasteiger partial charge in [0.05, 0.1) is 5.75 Å². The number of carbonyl (C=O) groups excluding carboxylic acids is 1. The molecule has 4 heteroatoms. The first-order valence-electron chi connectivity index (χ1n) is 5.19. The van der Waals surface area contributed by atoms with Crippen LogP contribution in [-0.2, 0) is 10.5 Å². The van der Waals surface area contributed by atoms with Crippen molar-refractivity contribution >= 4 is 29.3 Å². The summed E-state index contributed by atoms with van der Waals surface area (Å²) in [4.78, 5) is 11.4. The van der Waals surface area contributed by atoms with Gasteiger partial charge in [-0.1, -0.05) is 23.7 Å². The van der Waals surface area contributed by atoms with E-state index in [0.717, 1.165) is 16.3 Å². The summed E-state index contributed by atoms with van der Waals surface area (Å²) in [6, 6.07) is 7.92. The zero-order valence-electron chi connectivity index (χ0n) is 9.50. The van der Waals surface area contributed by atoms with E-state index in [-0.39, 0.29) is 11.9 Å². The summed E-state index contributed by atoms with van der Waals surface area (Å²) in [6.07, 6.45) is 0. The number of amides is 1. The van der Waals surface area contributed by atoms with Crippen molar-refractivity contribution < 1.29 is 4.79 Å². The van der Waals surface area contributed by atoms with Crippen LogP contribution in [0.15, 0.2) is 24.3 Å². The zero-order valence-corrected chi connectivity index (χ0v) is 11.1. The number of carbonyl (C=O) groups is 1. The third-order valence-electron chi connectivity index (χ3n) is 1.84. The molecule has 0 radical (unpaired) electrons. The highest BCUT2D eigenvalue weighted by Gasteiger charge is 2.03. The third kappa shape index (κ3) is 5.42. The SMILES string of the molecule is CC(C)NC(=O)CSCc1cccc(Cl)c1. The fourth-order valence-electron chi connectivity index (χ4n) is 1.25. The van der Waals surface area contributed by atoms with Crippen molar-refractivity contribution in [3.63, 3.8) is 0 Å². The molecule has 0 saturated carbocycles. The summed E-state index contributed by atoms with van der Waals surface area (Å²) in [6.45, 7) is 3.92. The Morgan fingerprint density at radius 1 is 1.50 bits per heavy atom. The van der Waals surface area contributed by atoms with Crippen molar-refractivity contribution in [3.8, 4) is 0 Å². The summed E-state index contributed by atoms with van der Waals surface area (Å²) < 4.78 is 0. The molecule has 0 aliphatic carbocycles. The molecular formula is C12H16ClNOS. The van der Waals surface area contributed by atoms with Gasteiger partial charge in [0.15, 0.2) is 0 Å². The van der Waals surface area contributed by atoms with Crippen molar-refractivity contribution in [2.24, 2.45) is 0 Å². The van der Waals surface area contributed by atoms with Gasteiger partial charge in [0.25, 0.3) is 0 Å². The largest absolute Gasteiger partial charge is 0.353 e. The molecule has 0 fully saturated rings. The molecule has 1 N–H and O–H groups in total. The molecule has 0 bridgehead atoms. The van der Waals surface area contributed by atoms with Gasteiger partial charge in [-0.2, -0.15) is 0 Å². The average Bonchev–Trinajstić information content (AvgIpc) is 2.16. The molecule has 0 aliphatic rings. The average molecular weight is 258 g/mol. The number of rotatable bonds is 5. The lowest BCUT2D eigenvalue weighted by Crippen LogP contribution is -2.31. The van der Waals surface area contributed by atoms with Crippen LogP contribution in [0.2, 0.25) is 5.02 Å². The second kappa shape index (κ2) is 6.81. The maximum atomic E-state index is 11.4. The summed E-state index contributed by atoms with van der Waals surface area (Å²) in [7, 11) is 0. The molecular weight excluding hydrogens is 242 g/mol. The molecule has 88 valence electrons. The molecule has 0 aromatic heterocycles. The maximum absolute atomic E-state index is 11.4. The number of halogens is 1. The second-order valence-corrected chi connectivity index (χ2v) is 5.27. The minimum atomic E-state index is 0.0852. The van der Waals surface area contributed by atoms with E-state index in [1.165, 1.54) is 0 Å². The van der Waals surface area contributed by atoms with Gasteiger partial charge in [-0.3, -0.25) is 4.79 Å². The van der Waals surface area contributed by atoms with Crippen molar-refractivity contribution in [3.05, 3.63) is 34.9 Å². The highest BCUT2D eigenvalue weighted by Crippen LogP contribution is 2.16. The molecule has 0 aliphatic heterocycles. The molecule has 1 amide bonds. The Morgan fingerprint density at radius 3 is 2.88 bits per heavy atom. The number of hydrogen-bond donors (Lipinski definition) is 1. The predicted molar refractivity (Wildman–Crippen MR) is 70.9 cm³/mol. The van der Waals surface area contributed by atoms with Gasteiger partial charge in [-0.15, -0.1) is 11.8 Å². The molecule has 1 aromatic rings. The normalized spacial score (nSPS) is 10.5. The Morgan fingerprint density at radius 2 is 2.25 bits per heavy atom. The number of hydrogen-bond acceptors (Lipinski definition) is 2. The Balaban J connectivity index is 2.28. The van der Waals surface area contributed by atoms with E-state index in [1.807, 2.05) is 38.1 Å². The topological polar surface area (TPSA) is 29.1 Å². The Bertz CT molecular complexity index is 355. The summed E-state index contributed by atoms with van der Waals surface area (Å²) >= 11 is 7.46. The van der Waals surface area contributed by atoms with Crippen LogP contribution in [0, 0.1) is 0 Å². The lowest BCUT2D eigenvalue weighted by molar-refractivity contribution is -0.119. The summed E-state index contributed by atoms with van der Waals surface area (Å²) in [5.74, 6) is 1.39. The molecule has 1 aromatic carbocycles. The van der Waals surface area contributed by atoms with Crippen LogP contribution in [0.1, 0.15) is 19.4 Å². The van der Waals surface area contributed by atoms with E-state index in [4.69, 9.17) is 11.6 Å². The van der Waals surface area contributed by atoms with Gasteiger partial charge in [-0.05, 0) is 31.5 Å². The number of thioether (sulfide) groups is 1. The van der Waals surface area contributed by atoms with Gasteiger partial charge in [0.1, 0.15) is 0 Å². The minimum absolute atomic E-state index is 0.0852. The molecule has 16 heavy (non-hydrogen) atoms. The minimum Gasteiger partial charge on any atom is -0.353 e. The van der Waals surface area contributed by atoms with E-state index < -0.39 is 0 Å². The Hall–Kier alpha value is -0.670. The van der Waals surface area contributed by atoms with Crippen LogP contribution in [0.3, 0.4) is 0 Å². The van der Waals surface area contributed by atoms with Gasteiger partial charge < -0.3 is 5.32 Å². The predicted octanol–water partition coefficient (Wildman–Crippen LogP) is 3.10. The molecule has 0 atom stereocenters. The van der Waals surface area contributed by atoms with E-state index in [2.05, 4.69) is 5.32 Å². The van der Waals surface area contributed by atoms with E-state index in [1.54, 1.807) is 11.8 Å². The van der Waals surface area contributed by atoms with Crippen LogP contribution >= 0.6 is 23.4 Å². The molecule has 0 heterocycles. The van der Waals surface area contributed by atoms with Crippen LogP contribution in [0.5, 0.6) is 0 Å². The van der Waals surface area contributed by atoms with Gasteiger partial charge >= 0.3 is 0 Å². The van der Waals surface area contributed by atoms with Crippen molar-refractivity contribution in [2.75, 3.05) is 5.75 Å². The van der Waals surface area contributed by atoms with Crippen LogP contribution in [0.4, 0.5) is 0 Å². The summed E-state index contributed by atoms with van der Waals surface area (Å²) in [5, 5.41) is 3.60. The first-order chi connectivity index (χ1) is 7.58. The zero-order chi connectivity index (χ0) is 12.0. The molecule has 1 rings (SSSR count). The monoisotopic (exact) mass is 257 g/mol. The lowest BCUT2D eigenvalue weighted by atomic mass is 10.2. The third-order valence-corrected chi connectivity index (χ3v) is 3.08. The molecule has 2 nitrogen and oxygen atoms in total. The lowest BCUT2D eigenvalue weighted by Gasteiger charge is -2.07. The first-order valence-corrected chi connectivity index (χ1v) is 6.72. The van der Waals surface area contributed by atoms with Crippen LogP contribution in [0.25, 0.3) is 0 Å². The quantitative estimate of drug-likeness (QED) is 0.878. The van der Waals surface area contributed by atoms with Crippen molar-refractivity contribution in [2.45, 2.75) is 25.6 Å². The van der Waals surface area contributed by atoms with Gasteiger partial charge in [0.2, 0.25) is 5.91 Å². The first kappa shape index (κ1) is 13.4. The Labute approximate surface area is 106 Å². The van der Waals surface area contributed by atoms with Crippen molar-refractivity contribution in [1.82, 2.24) is 5.32 Å². The highest BCUT2D eigenvalue weighted by molar-refractivity contribution is 7.99. The summed E-state index contributed by atoms with van der Waals surface area (Å²) in [5.41, 5.74) is 1.15. The Kier molecular flexibility index (Phi) is 5.71. The van der Waals surface area contributed by atoms with E-state index in [0.29, 0.717) is 5.75 Å². The van der Waals surface area contributed by atoms with Crippen molar-refractivity contribution in [1.29, 1.82) is 0 Å². The van der Waals surface area contributed by atoms with E-state index in [9.17, 15) is 4.79 Å². The molecule has 0 unspecified atom stereocenters. The second-order valence-electron chi connectivity index (χ2n) is 3.84. The smallest absolute Gasteiger partial charge is 0.230 e. The van der Waals surface area contributed by atoms with Gasteiger partial charge in [-0.25, -0.2) is 0 Å². The van der Waals surface area contributed by atoms with Gasteiger partial charge in [0, 0.05) is 16.8 Å². The van der Waals surface area contributed by atoms with E-state index >= 15 is 0 Å². The molecule has 0 spiro atoms. The standard InChI is InChI=1S/C12H16ClNOS/c1-9(2)14-12(15)8-16-7-10-4-3-5-11(13)6-10/h3-6,9H,7-8H2,1-2H3,(H,14,15).